The van der Waals surface area contributed by atoms with E-state index in [0.29, 0.717) is 19.7 Å². The second-order valence-electron chi connectivity index (χ2n) is 5.75. The van der Waals surface area contributed by atoms with Gasteiger partial charge in [0.1, 0.15) is 6.61 Å². The summed E-state index contributed by atoms with van der Waals surface area (Å²) in [5, 5.41) is 2.77. The molecule has 24 heavy (non-hydrogen) atoms. The second kappa shape index (κ2) is 8.71. The summed E-state index contributed by atoms with van der Waals surface area (Å²) in [7, 11) is 0. The molecule has 5 heteroatoms. The van der Waals surface area contributed by atoms with Gasteiger partial charge in [0.15, 0.2) is 0 Å². The fourth-order valence-corrected chi connectivity index (χ4v) is 3.11. The molecule has 3 N–H and O–H groups in total. The first-order valence-corrected chi connectivity index (χ1v) is 8.10. The van der Waals surface area contributed by atoms with Crippen LogP contribution < -0.4 is 11.1 Å². The molecule has 2 aromatic rings. The number of rotatable bonds is 6. The standard InChI is InChI=1S/C19H22N2O2.ClH/c20-11-5-6-12-21-19(22)23-13-18-16-9-3-1-7-14(16)15-8-2-4-10-17(15)18;/h1-4,7-10,18H,5-6,11-13,20H2,(H,21,22);1H. The van der Waals surface area contributed by atoms with Crippen LogP contribution in [-0.4, -0.2) is 25.8 Å². The molecule has 0 aromatic heterocycles. The van der Waals surface area contributed by atoms with Crippen LogP contribution in [0, 0.1) is 0 Å². The lowest BCUT2D eigenvalue weighted by atomic mass is 9.98. The summed E-state index contributed by atoms with van der Waals surface area (Å²) in [4.78, 5) is 11.8. The average molecular weight is 347 g/mol. The van der Waals surface area contributed by atoms with Gasteiger partial charge in [-0.2, -0.15) is 0 Å². The van der Waals surface area contributed by atoms with Gasteiger partial charge in [-0.25, -0.2) is 4.79 Å². The average Bonchev–Trinajstić information content (AvgIpc) is 2.91. The minimum absolute atomic E-state index is 0. The van der Waals surface area contributed by atoms with Crippen molar-refractivity contribution >= 4 is 18.5 Å². The molecule has 0 saturated carbocycles. The molecule has 2 aromatic carbocycles. The van der Waals surface area contributed by atoms with Gasteiger partial charge in [0.25, 0.3) is 0 Å². The van der Waals surface area contributed by atoms with Crippen molar-refractivity contribution in [3.05, 3.63) is 59.7 Å². The third-order valence-electron chi connectivity index (χ3n) is 4.24. The SMILES string of the molecule is Cl.NCCCCNC(=O)OCC1c2ccccc2-c2ccccc21. The molecule has 3 rings (SSSR count). The van der Waals surface area contributed by atoms with E-state index >= 15 is 0 Å². The zero-order chi connectivity index (χ0) is 16.1. The molecule has 0 bridgehead atoms. The van der Waals surface area contributed by atoms with Crippen molar-refractivity contribution in [3.63, 3.8) is 0 Å². The van der Waals surface area contributed by atoms with Gasteiger partial charge in [-0.1, -0.05) is 48.5 Å². The topological polar surface area (TPSA) is 64.3 Å². The van der Waals surface area contributed by atoms with Crippen LogP contribution >= 0.6 is 12.4 Å². The lowest BCUT2D eigenvalue weighted by Crippen LogP contribution is -2.27. The van der Waals surface area contributed by atoms with Crippen molar-refractivity contribution in [2.75, 3.05) is 19.7 Å². The van der Waals surface area contributed by atoms with Gasteiger partial charge >= 0.3 is 6.09 Å². The summed E-state index contributed by atoms with van der Waals surface area (Å²) < 4.78 is 5.44. The monoisotopic (exact) mass is 346 g/mol. The quantitative estimate of drug-likeness (QED) is 0.784. The molecular formula is C19H23ClN2O2. The predicted octanol–water partition coefficient (Wildman–Crippen LogP) is 3.69. The molecule has 0 radical (unpaired) electrons. The number of benzene rings is 2. The maximum atomic E-state index is 11.8. The third-order valence-corrected chi connectivity index (χ3v) is 4.24. The van der Waals surface area contributed by atoms with Crippen molar-refractivity contribution < 1.29 is 9.53 Å². The zero-order valence-corrected chi connectivity index (χ0v) is 14.4. The van der Waals surface area contributed by atoms with Gasteiger partial charge in [-0.15, -0.1) is 12.4 Å². The van der Waals surface area contributed by atoms with Crippen molar-refractivity contribution in [2.24, 2.45) is 5.73 Å². The first kappa shape index (κ1) is 18.3. The Labute approximate surface area is 148 Å². The van der Waals surface area contributed by atoms with E-state index in [0.717, 1.165) is 12.8 Å². The summed E-state index contributed by atoms with van der Waals surface area (Å²) in [5.41, 5.74) is 10.4. The van der Waals surface area contributed by atoms with Crippen LogP contribution in [-0.2, 0) is 4.74 Å². The van der Waals surface area contributed by atoms with Gasteiger partial charge in [-0.3, -0.25) is 0 Å². The van der Waals surface area contributed by atoms with Crippen molar-refractivity contribution in [3.8, 4) is 11.1 Å². The molecule has 128 valence electrons. The number of hydrogen-bond acceptors (Lipinski definition) is 3. The number of hydrogen-bond donors (Lipinski definition) is 2. The van der Waals surface area contributed by atoms with Crippen LogP contribution in [0.3, 0.4) is 0 Å². The van der Waals surface area contributed by atoms with Crippen LogP contribution in [0.25, 0.3) is 11.1 Å². The van der Waals surface area contributed by atoms with Crippen LogP contribution in [0.1, 0.15) is 29.9 Å². The number of unbranched alkanes of at least 4 members (excludes halogenated alkanes) is 1. The molecule has 0 atom stereocenters. The lowest BCUT2D eigenvalue weighted by Gasteiger charge is -2.14. The number of amides is 1. The number of nitrogens with two attached hydrogens (primary N) is 1. The fraction of sp³-hybridized carbons (Fsp3) is 0.316. The molecule has 1 amide bonds. The highest BCUT2D eigenvalue weighted by Gasteiger charge is 2.28. The van der Waals surface area contributed by atoms with Crippen molar-refractivity contribution in [1.29, 1.82) is 0 Å². The summed E-state index contributed by atoms with van der Waals surface area (Å²) in [6.07, 6.45) is 1.42. The molecule has 1 aliphatic rings. The Kier molecular flexibility index (Phi) is 6.64. The van der Waals surface area contributed by atoms with Gasteiger partial charge in [0.2, 0.25) is 0 Å². The number of carbonyl (C=O) groups is 1. The highest BCUT2D eigenvalue weighted by molar-refractivity contribution is 5.85. The van der Waals surface area contributed by atoms with E-state index in [2.05, 4.69) is 29.6 Å². The molecule has 4 nitrogen and oxygen atoms in total. The Hall–Kier alpha value is -2.04. The van der Waals surface area contributed by atoms with Gasteiger partial charge in [0.05, 0.1) is 0 Å². The Morgan fingerprint density at radius 2 is 1.58 bits per heavy atom. The van der Waals surface area contributed by atoms with E-state index in [1.807, 2.05) is 24.3 Å². The Balaban J connectivity index is 0.00000208. The summed E-state index contributed by atoms with van der Waals surface area (Å²) >= 11 is 0. The highest BCUT2D eigenvalue weighted by atomic mass is 35.5. The van der Waals surface area contributed by atoms with Crippen molar-refractivity contribution in [2.45, 2.75) is 18.8 Å². The molecule has 0 saturated heterocycles. The van der Waals surface area contributed by atoms with E-state index in [-0.39, 0.29) is 24.4 Å². The van der Waals surface area contributed by atoms with Crippen LogP contribution in [0.2, 0.25) is 0 Å². The number of ether oxygens (including phenoxy) is 1. The van der Waals surface area contributed by atoms with Gasteiger partial charge in [-0.05, 0) is 41.6 Å². The molecular weight excluding hydrogens is 324 g/mol. The van der Waals surface area contributed by atoms with Crippen molar-refractivity contribution in [1.82, 2.24) is 5.32 Å². The first-order valence-electron chi connectivity index (χ1n) is 8.10. The number of halogens is 1. The Morgan fingerprint density at radius 3 is 2.17 bits per heavy atom. The lowest BCUT2D eigenvalue weighted by molar-refractivity contribution is 0.143. The van der Waals surface area contributed by atoms with Crippen LogP contribution in [0.5, 0.6) is 0 Å². The normalized spacial score (nSPS) is 12.0. The largest absolute Gasteiger partial charge is 0.449 e. The molecule has 0 spiro atoms. The maximum absolute atomic E-state index is 11.8. The van der Waals surface area contributed by atoms with E-state index in [1.54, 1.807) is 0 Å². The number of nitrogens with one attached hydrogen (secondary N) is 1. The molecule has 0 fully saturated rings. The summed E-state index contributed by atoms with van der Waals surface area (Å²) in [5.74, 6) is 0.109. The van der Waals surface area contributed by atoms with Crippen LogP contribution in [0.4, 0.5) is 4.79 Å². The zero-order valence-electron chi connectivity index (χ0n) is 13.5. The minimum Gasteiger partial charge on any atom is -0.449 e. The van der Waals surface area contributed by atoms with E-state index < -0.39 is 0 Å². The van der Waals surface area contributed by atoms with Gasteiger partial charge in [0, 0.05) is 12.5 Å². The van der Waals surface area contributed by atoms with E-state index in [9.17, 15) is 4.79 Å². The maximum Gasteiger partial charge on any atom is 0.407 e. The predicted molar refractivity (Wildman–Crippen MR) is 98.6 cm³/mol. The second-order valence-corrected chi connectivity index (χ2v) is 5.75. The Bertz CT molecular complexity index is 645. The number of carbonyl (C=O) groups excluding carboxylic acids is 1. The number of fused-ring (bicyclic) bond motifs is 3. The smallest absolute Gasteiger partial charge is 0.407 e. The molecule has 1 aliphatic carbocycles. The highest BCUT2D eigenvalue weighted by Crippen LogP contribution is 2.44. The summed E-state index contributed by atoms with van der Waals surface area (Å²) in [6.45, 7) is 1.61. The van der Waals surface area contributed by atoms with E-state index in [4.69, 9.17) is 10.5 Å². The first-order chi connectivity index (χ1) is 11.3. The fourth-order valence-electron chi connectivity index (χ4n) is 3.11. The minimum atomic E-state index is -0.358. The van der Waals surface area contributed by atoms with Gasteiger partial charge < -0.3 is 15.8 Å². The summed E-state index contributed by atoms with van der Waals surface area (Å²) in [6, 6.07) is 16.6. The molecule has 0 heterocycles. The molecule has 0 aliphatic heterocycles. The molecule has 0 unspecified atom stereocenters. The van der Waals surface area contributed by atoms with E-state index in [1.165, 1.54) is 22.3 Å². The third kappa shape index (κ3) is 3.89. The Morgan fingerprint density at radius 1 is 1.00 bits per heavy atom. The number of alkyl carbamates (subject to hydrolysis) is 1. The van der Waals surface area contributed by atoms with Crippen LogP contribution in [0.15, 0.2) is 48.5 Å².